The zero-order chi connectivity index (χ0) is 35.2. The van der Waals surface area contributed by atoms with Gasteiger partial charge in [0.25, 0.3) is 0 Å². The van der Waals surface area contributed by atoms with Crippen LogP contribution in [0.25, 0.3) is 0 Å². The molecule has 1 aliphatic heterocycles. The summed E-state index contributed by atoms with van der Waals surface area (Å²) in [5.74, 6) is -2.26. The summed E-state index contributed by atoms with van der Waals surface area (Å²) in [6.07, 6.45) is 10.1. The van der Waals surface area contributed by atoms with Crippen LogP contribution in [0.15, 0.2) is 0 Å². The zero-order valence-electron chi connectivity index (χ0n) is 30.2. The minimum Gasteiger partial charge on any atom is -0.468 e. The molecule has 5 aliphatic carbocycles. The fourth-order valence-electron chi connectivity index (χ4n) is 11.4. The summed E-state index contributed by atoms with van der Waals surface area (Å²) in [4.78, 5) is 73.8. The number of hydrogen-bond acceptors (Lipinski definition) is 11. The Morgan fingerprint density at radius 3 is 2.16 bits per heavy atom. The van der Waals surface area contributed by atoms with Crippen molar-refractivity contribution >= 4 is 23.8 Å². The van der Waals surface area contributed by atoms with Gasteiger partial charge in [-0.15, -0.1) is 0 Å². The van der Waals surface area contributed by atoms with Crippen molar-refractivity contribution in [3.63, 3.8) is 0 Å². The molecule has 12 nitrogen and oxygen atoms in total. The van der Waals surface area contributed by atoms with Gasteiger partial charge in [-0.1, -0.05) is 27.2 Å². The van der Waals surface area contributed by atoms with Gasteiger partial charge < -0.3 is 19.5 Å². The Balaban J connectivity index is 1.23. The fourth-order valence-corrected chi connectivity index (χ4v) is 11.4. The van der Waals surface area contributed by atoms with E-state index in [1.165, 1.54) is 21.0 Å². The number of esters is 3. The molecule has 1 heterocycles. The van der Waals surface area contributed by atoms with E-state index in [4.69, 9.17) is 29.0 Å². The van der Waals surface area contributed by atoms with Crippen molar-refractivity contribution in [3.05, 3.63) is 0 Å². The Labute approximate surface area is 290 Å². The van der Waals surface area contributed by atoms with Crippen LogP contribution in [-0.4, -0.2) is 61.3 Å². The van der Waals surface area contributed by atoms with E-state index < -0.39 is 17.5 Å². The number of nitrogens with one attached hydrogen (secondary N) is 1. The van der Waals surface area contributed by atoms with Crippen molar-refractivity contribution in [2.75, 3.05) is 13.7 Å². The SMILES string of the molecule is COC(=O)CNC(=O)CCC(C)[C@H]1CCC2C3C(C[C@H](OC(C)=O)[C@@]21C)[C@@]1(C)CCC2(C[C@H]1C[C@H]3OC(C)=O)OOC1(CCCCC1)OO2. The van der Waals surface area contributed by atoms with Crippen molar-refractivity contribution in [2.45, 2.75) is 148 Å². The number of carbonyl (C=O) groups is 4. The summed E-state index contributed by atoms with van der Waals surface area (Å²) < 4.78 is 17.2. The smallest absolute Gasteiger partial charge is 0.325 e. The summed E-state index contributed by atoms with van der Waals surface area (Å²) in [7, 11) is 1.29. The Hall–Kier alpha value is -2.28. The molecular formula is C37H57NO11. The van der Waals surface area contributed by atoms with Crippen molar-refractivity contribution in [3.8, 4) is 0 Å². The molecule has 1 amide bonds. The van der Waals surface area contributed by atoms with Gasteiger partial charge in [0.1, 0.15) is 18.8 Å². The molecule has 0 radical (unpaired) electrons. The van der Waals surface area contributed by atoms with Crippen LogP contribution >= 0.6 is 0 Å². The molecule has 0 aromatic heterocycles. The van der Waals surface area contributed by atoms with Crippen molar-refractivity contribution in [1.82, 2.24) is 5.32 Å². The van der Waals surface area contributed by atoms with Crippen LogP contribution in [-0.2, 0) is 52.9 Å². The molecule has 6 rings (SSSR count). The number of carbonyl (C=O) groups excluding carboxylic acids is 4. The molecule has 0 aromatic rings. The van der Waals surface area contributed by atoms with Gasteiger partial charge in [0.15, 0.2) is 0 Å². The molecule has 6 aliphatic rings. The first-order valence-corrected chi connectivity index (χ1v) is 18.7. The lowest BCUT2D eigenvalue weighted by Gasteiger charge is -2.65. The highest BCUT2D eigenvalue weighted by Crippen LogP contribution is 2.70. The van der Waals surface area contributed by atoms with Crippen molar-refractivity contribution < 1.29 is 52.9 Å². The standard InChI is InChI=1S/C37H57NO11/c1-22(10-13-31(41)38-21-32(42)43-6)26-11-12-27-33-28(19-30(35(26,27)5)45-24(3)40)34(4)16-17-37(20-25(34)18-29(33)44-23(2)39)48-46-36(47-49-37)14-8-7-9-15-36/h22,25-30,33H,7-21H2,1-6H3,(H,38,41)/t22?,25-,26-,27?,28?,29-,30+,33?,34+,35-/m1/s1. The van der Waals surface area contributed by atoms with Crippen LogP contribution in [0.3, 0.4) is 0 Å². The van der Waals surface area contributed by atoms with Crippen molar-refractivity contribution in [2.24, 2.45) is 46.3 Å². The second-order valence-electron chi connectivity index (χ2n) is 16.5. The molecule has 49 heavy (non-hydrogen) atoms. The van der Waals surface area contributed by atoms with Crippen LogP contribution in [0, 0.1) is 46.3 Å². The maximum atomic E-state index is 12.7. The number of methoxy groups -OCH3 is 1. The summed E-state index contributed by atoms with van der Waals surface area (Å²) in [6.45, 7) is 9.62. The fraction of sp³-hybridized carbons (Fsp3) is 0.892. The predicted molar refractivity (Wildman–Crippen MR) is 173 cm³/mol. The average molecular weight is 692 g/mol. The van der Waals surface area contributed by atoms with Crippen LogP contribution in [0.1, 0.15) is 125 Å². The number of rotatable bonds is 8. The van der Waals surface area contributed by atoms with E-state index >= 15 is 0 Å². The van der Waals surface area contributed by atoms with Gasteiger partial charge in [-0.05, 0) is 86.4 Å². The zero-order valence-corrected chi connectivity index (χ0v) is 30.2. The first-order chi connectivity index (χ1) is 23.2. The Morgan fingerprint density at radius 2 is 1.51 bits per heavy atom. The maximum Gasteiger partial charge on any atom is 0.325 e. The molecule has 6 fully saturated rings. The van der Waals surface area contributed by atoms with E-state index in [-0.39, 0.29) is 89.4 Å². The lowest BCUT2D eigenvalue weighted by Crippen LogP contribution is -2.65. The molecule has 2 spiro atoms. The molecule has 1 N–H and O–H groups in total. The van der Waals surface area contributed by atoms with Gasteiger partial charge >= 0.3 is 17.9 Å². The third-order valence-corrected chi connectivity index (χ3v) is 13.9. The van der Waals surface area contributed by atoms with E-state index in [2.05, 4.69) is 30.8 Å². The molecule has 4 unspecified atom stereocenters. The quantitative estimate of drug-likeness (QED) is 0.190. The molecule has 1 saturated heterocycles. The summed E-state index contributed by atoms with van der Waals surface area (Å²) in [5.41, 5.74) is -0.502. The number of fused-ring (bicyclic) bond motifs is 5. The molecule has 10 atom stereocenters. The highest BCUT2D eigenvalue weighted by atomic mass is 17.4. The second kappa shape index (κ2) is 14.0. The second-order valence-corrected chi connectivity index (χ2v) is 16.5. The third-order valence-electron chi connectivity index (χ3n) is 13.9. The first-order valence-electron chi connectivity index (χ1n) is 18.7. The van der Waals surface area contributed by atoms with E-state index in [0.29, 0.717) is 32.1 Å². The van der Waals surface area contributed by atoms with E-state index in [0.717, 1.165) is 51.4 Å². The number of ether oxygens (including phenoxy) is 3. The van der Waals surface area contributed by atoms with E-state index in [1.54, 1.807) is 0 Å². The maximum absolute atomic E-state index is 12.7. The highest BCUT2D eigenvalue weighted by Gasteiger charge is 2.69. The number of hydrogen-bond donors (Lipinski definition) is 1. The molecular weight excluding hydrogens is 634 g/mol. The van der Waals surface area contributed by atoms with Gasteiger partial charge in [0.2, 0.25) is 17.5 Å². The number of amides is 1. The normalized spacial score (nSPS) is 39.5. The van der Waals surface area contributed by atoms with Gasteiger partial charge in [-0.3, -0.25) is 19.2 Å². The monoisotopic (exact) mass is 691 g/mol. The van der Waals surface area contributed by atoms with E-state index in [1.807, 2.05) is 0 Å². The summed E-state index contributed by atoms with van der Waals surface area (Å²) in [5, 5.41) is 2.64. The summed E-state index contributed by atoms with van der Waals surface area (Å²) in [6, 6.07) is 0. The topological polar surface area (TPSA) is 145 Å². The minimum atomic E-state index is -1.02. The van der Waals surface area contributed by atoms with Gasteiger partial charge in [-0.2, -0.15) is 19.6 Å². The first kappa shape index (κ1) is 36.5. The van der Waals surface area contributed by atoms with Crippen LogP contribution in [0.4, 0.5) is 0 Å². The van der Waals surface area contributed by atoms with Crippen LogP contribution in [0.2, 0.25) is 0 Å². The highest BCUT2D eigenvalue weighted by molar-refractivity contribution is 5.81. The van der Waals surface area contributed by atoms with Gasteiger partial charge in [0.05, 0.1) is 7.11 Å². The predicted octanol–water partition coefficient (Wildman–Crippen LogP) is 5.70. The minimum absolute atomic E-state index is 0.0985. The van der Waals surface area contributed by atoms with Crippen LogP contribution < -0.4 is 5.32 Å². The Morgan fingerprint density at radius 1 is 0.837 bits per heavy atom. The molecule has 0 aromatic carbocycles. The third kappa shape index (κ3) is 6.88. The van der Waals surface area contributed by atoms with Crippen LogP contribution in [0.5, 0.6) is 0 Å². The van der Waals surface area contributed by atoms with Gasteiger partial charge in [-0.25, -0.2) is 0 Å². The summed E-state index contributed by atoms with van der Waals surface area (Å²) >= 11 is 0. The van der Waals surface area contributed by atoms with Gasteiger partial charge in [0, 0.05) is 57.3 Å². The van der Waals surface area contributed by atoms with E-state index in [9.17, 15) is 19.2 Å². The lowest BCUT2D eigenvalue weighted by atomic mass is 9.42. The Bertz CT molecular complexity index is 1260. The molecule has 0 bridgehead atoms. The van der Waals surface area contributed by atoms with Crippen molar-refractivity contribution in [1.29, 1.82) is 0 Å². The molecule has 276 valence electrons. The Kier molecular flexibility index (Phi) is 10.5. The largest absolute Gasteiger partial charge is 0.468 e. The molecule has 12 heteroatoms. The molecule has 5 saturated carbocycles. The lowest BCUT2D eigenvalue weighted by molar-refractivity contribution is -0.665. The average Bonchev–Trinajstić information content (AvgIpc) is 3.43.